The summed E-state index contributed by atoms with van der Waals surface area (Å²) in [6, 6.07) is 11.9. The highest BCUT2D eigenvalue weighted by Gasteiger charge is 2.55. The number of rotatable bonds is 4. The van der Waals surface area contributed by atoms with Gasteiger partial charge in [-0.15, -0.1) is 0 Å². The van der Waals surface area contributed by atoms with E-state index in [0.717, 1.165) is 29.5 Å². The fraction of sp³-hybridized carbons (Fsp3) is 0.409. The number of aliphatic hydroxyl groups is 1. The van der Waals surface area contributed by atoms with Crippen molar-refractivity contribution in [2.75, 3.05) is 19.7 Å². The van der Waals surface area contributed by atoms with Crippen molar-refractivity contribution in [3.63, 3.8) is 0 Å². The van der Waals surface area contributed by atoms with Crippen LogP contribution in [-0.4, -0.2) is 63.5 Å². The van der Waals surface area contributed by atoms with Crippen molar-refractivity contribution >= 4 is 11.8 Å². The highest BCUT2D eigenvalue weighted by Crippen LogP contribution is 2.44. The van der Waals surface area contributed by atoms with Gasteiger partial charge < -0.3 is 14.9 Å². The number of nitrogens with zero attached hydrogens (tertiary/aromatic N) is 3. The minimum Gasteiger partial charge on any atom is -0.394 e. The Morgan fingerprint density at radius 2 is 1.93 bits per heavy atom. The molecule has 1 aromatic carbocycles. The van der Waals surface area contributed by atoms with Crippen LogP contribution in [0.25, 0.3) is 11.1 Å². The Morgan fingerprint density at radius 3 is 2.57 bits per heavy atom. The van der Waals surface area contributed by atoms with E-state index < -0.39 is 0 Å². The number of carbonyl (C=O) groups excluding carboxylic acids is 2. The molecular weight excluding hydrogens is 354 g/mol. The highest BCUT2D eigenvalue weighted by molar-refractivity contribution is 5.89. The van der Waals surface area contributed by atoms with E-state index in [2.05, 4.69) is 29.2 Å². The first-order valence-corrected chi connectivity index (χ1v) is 9.88. The van der Waals surface area contributed by atoms with Gasteiger partial charge in [-0.2, -0.15) is 0 Å². The van der Waals surface area contributed by atoms with Crippen LogP contribution >= 0.6 is 0 Å². The predicted molar refractivity (Wildman–Crippen MR) is 103 cm³/mol. The highest BCUT2D eigenvalue weighted by atomic mass is 16.3. The van der Waals surface area contributed by atoms with Crippen LogP contribution in [-0.2, 0) is 9.59 Å². The zero-order chi connectivity index (χ0) is 19.3. The zero-order valence-electron chi connectivity index (χ0n) is 15.6. The molecule has 0 radical (unpaired) electrons. The molecule has 3 heterocycles. The molecule has 3 fully saturated rings. The van der Waals surface area contributed by atoms with Crippen molar-refractivity contribution in [1.29, 1.82) is 0 Å². The molecule has 2 amide bonds. The van der Waals surface area contributed by atoms with Gasteiger partial charge in [0.15, 0.2) is 0 Å². The van der Waals surface area contributed by atoms with E-state index in [-0.39, 0.29) is 48.9 Å². The molecule has 1 N–H and O–H groups in total. The zero-order valence-corrected chi connectivity index (χ0v) is 15.6. The Labute approximate surface area is 163 Å². The minimum atomic E-state index is -0.208. The topological polar surface area (TPSA) is 73.7 Å². The number of amides is 2. The molecule has 2 aromatic rings. The summed E-state index contributed by atoms with van der Waals surface area (Å²) in [5.74, 6) is 0.232. The van der Waals surface area contributed by atoms with Gasteiger partial charge in [-0.05, 0) is 35.6 Å². The first-order valence-electron chi connectivity index (χ1n) is 9.88. The van der Waals surface area contributed by atoms with Gasteiger partial charge in [0.2, 0.25) is 11.8 Å². The summed E-state index contributed by atoms with van der Waals surface area (Å²) in [6.07, 6.45) is 5.46. The minimum absolute atomic E-state index is 0.0479. The van der Waals surface area contributed by atoms with Gasteiger partial charge in [0.05, 0.1) is 25.2 Å². The summed E-state index contributed by atoms with van der Waals surface area (Å²) >= 11 is 0. The maximum absolute atomic E-state index is 12.6. The van der Waals surface area contributed by atoms with Gasteiger partial charge in [0.25, 0.3) is 0 Å². The molecular formula is C22H23N3O3. The standard InChI is InChI=1S/C22H23N3O3/c26-13-19-21(15-5-3-14(4-6-15)17-2-1-9-23-10-17)18-11-24(12-20(27)25(18)19)22(28)16-7-8-16/h1-6,9-10,16,18-19,21,26H,7-8,11-13H2/t18-,19+,21+/m1/s1. The van der Waals surface area contributed by atoms with Gasteiger partial charge in [0.1, 0.15) is 0 Å². The van der Waals surface area contributed by atoms with E-state index in [1.165, 1.54) is 0 Å². The average molecular weight is 377 g/mol. The van der Waals surface area contributed by atoms with Crippen LogP contribution in [0, 0.1) is 5.92 Å². The van der Waals surface area contributed by atoms with Crippen LogP contribution in [0.15, 0.2) is 48.8 Å². The average Bonchev–Trinajstić information content (AvgIpc) is 3.55. The number of pyridine rings is 1. The first kappa shape index (κ1) is 17.4. The molecule has 3 aliphatic rings. The second-order valence-corrected chi connectivity index (χ2v) is 8.00. The fourth-order valence-corrected chi connectivity index (χ4v) is 4.69. The molecule has 144 valence electrons. The van der Waals surface area contributed by atoms with Crippen molar-refractivity contribution in [3.8, 4) is 11.1 Å². The fourth-order valence-electron chi connectivity index (χ4n) is 4.69. The third kappa shape index (κ3) is 2.79. The van der Waals surface area contributed by atoms with Crippen LogP contribution in [0.3, 0.4) is 0 Å². The largest absolute Gasteiger partial charge is 0.394 e. The van der Waals surface area contributed by atoms with Crippen molar-refractivity contribution in [3.05, 3.63) is 54.4 Å². The molecule has 28 heavy (non-hydrogen) atoms. The number of benzene rings is 1. The van der Waals surface area contributed by atoms with Crippen LogP contribution in [0.2, 0.25) is 0 Å². The molecule has 2 aliphatic heterocycles. The smallest absolute Gasteiger partial charge is 0.242 e. The molecule has 0 unspecified atom stereocenters. The van der Waals surface area contributed by atoms with E-state index in [1.54, 1.807) is 16.0 Å². The van der Waals surface area contributed by atoms with Gasteiger partial charge in [-0.3, -0.25) is 14.6 Å². The van der Waals surface area contributed by atoms with Crippen LogP contribution in [0.1, 0.15) is 24.3 Å². The quantitative estimate of drug-likeness (QED) is 0.879. The Morgan fingerprint density at radius 1 is 1.14 bits per heavy atom. The number of piperazine rings is 1. The molecule has 1 saturated carbocycles. The van der Waals surface area contributed by atoms with Crippen molar-refractivity contribution < 1.29 is 14.7 Å². The normalized spacial score (nSPS) is 26.6. The summed E-state index contributed by atoms with van der Waals surface area (Å²) in [5.41, 5.74) is 3.23. The maximum atomic E-state index is 12.6. The summed E-state index contributed by atoms with van der Waals surface area (Å²) < 4.78 is 0. The number of hydrogen-bond donors (Lipinski definition) is 1. The Hall–Kier alpha value is -2.73. The van der Waals surface area contributed by atoms with Crippen molar-refractivity contribution in [2.45, 2.75) is 30.8 Å². The van der Waals surface area contributed by atoms with E-state index in [0.29, 0.717) is 6.54 Å². The summed E-state index contributed by atoms with van der Waals surface area (Å²) in [6.45, 7) is 0.648. The number of hydrogen-bond acceptors (Lipinski definition) is 4. The first-order chi connectivity index (χ1) is 13.7. The monoisotopic (exact) mass is 377 g/mol. The maximum Gasteiger partial charge on any atom is 0.242 e. The third-order valence-corrected chi connectivity index (χ3v) is 6.28. The lowest BCUT2D eigenvalue weighted by molar-refractivity contribution is -0.167. The molecule has 2 saturated heterocycles. The van der Waals surface area contributed by atoms with Crippen molar-refractivity contribution in [1.82, 2.24) is 14.8 Å². The second kappa shape index (κ2) is 6.71. The molecule has 3 atom stereocenters. The van der Waals surface area contributed by atoms with Gasteiger partial charge in [-0.1, -0.05) is 30.3 Å². The summed E-state index contributed by atoms with van der Waals surface area (Å²) in [5, 5.41) is 9.90. The van der Waals surface area contributed by atoms with Crippen molar-refractivity contribution in [2.24, 2.45) is 5.92 Å². The Kier molecular flexibility index (Phi) is 4.16. The molecule has 1 aromatic heterocycles. The Balaban J connectivity index is 1.39. The van der Waals surface area contributed by atoms with Gasteiger partial charge >= 0.3 is 0 Å². The molecule has 6 heteroatoms. The number of fused-ring (bicyclic) bond motifs is 1. The van der Waals surface area contributed by atoms with Crippen LogP contribution in [0.4, 0.5) is 0 Å². The third-order valence-electron chi connectivity index (χ3n) is 6.28. The van der Waals surface area contributed by atoms with Crippen LogP contribution < -0.4 is 0 Å². The molecule has 0 spiro atoms. The van der Waals surface area contributed by atoms with Crippen LogP contribution in [0.5, 0.6) is 0 Å². The number of aliphatic hydroxyl groups excluding tert-OH is 1. The van der Waals surface area contributed by atoms with E-state index in [1.807, 2.05) is 18.3 Å². The predicted octanol–water partition coefficient (Wildman–Crippen LogP) is 1.66. The van der Waals surface area contributed by atoms with Gasteiger partial charge in [0, 0.05) is 30.8 Å². The lowest BCUT2D eigenvalue weighted by Gasteiger charge is -2.58. The second-order valence-electron chi connectivity index (χ2n) is 8.00. The molecule has 6 nitrogen and oxygen atoms in total. The summed E-state index contributed by atoms with van der Waals surface area (Å²) in [4.78, 5) is 32.8. The van der Waals surface area contributed by atoms with E-state index in [9.17, 15) is 14.7 Å². The lowest BCUT2D eigenvalue weighted by Crippen LogP contribution is -2.73. The number of aromatic nitrogens is 1. The molecule has 0 bridgehead atoms. The van der Waals surface area contributed by atoms with Gasteiger partial charge in [-0.25, -0.2) is 0 Å². The lowest BCUT2D eigenvalue weighted by atomic mass is 9.73. The van der Waals surface area contributed by atoms with E-state index in [4.69, 9.17) is 0 Å². The molecule has 5 rings (SSSR count). The van der Waals surface area contributed by atoms with E-state index >= 15 is 0 Å². The molecule has 1 aliphatic carbocycles. The summed E-state index contributed by atoms with van der Waals surface area (Å²) in [7, 11) is 0. The number of carbonyl (C=O) groups is 2. The Bertz CT molecular complexity index is 895. The SMILES string of the molecule is O=C(C1CC1)N1CC(=O)N2[C@H](C1)[C@H](c1ccc(-c3cccnc3)cc1)[C@@H]2CO.